The lowest BCUT2D eigenvalue weighted by Crippen LogP contribution is -2.24. The summed E-state index contributed by atoms with van der Waals surface area (Å²) >= 11 is 3.65. The average molecular weight is 285 g/mol. The Kier molecular flexibility index (Phi) is 4.10. The monoisotopic (exact) mass is 284 g/mol. The highest BCUT2D eigenvalue weighted by molar-refractivity contribution is 9.09. The molecule has 0 radical (unpaired) electrons. The third kappa shape index (κ3) is 2.91. The predicted octanol–water partition coefficient (Wildman–Crippen LogP) is 3.78. The van der Waals surface area contributed by atoms with E-state index in [1.165, 1.54) is 12.8 Å². The first-order chi connectivity index (χ1) is 7.79. The molecular weight excluding hydrogens is 268 g/mol. The molecule has 0 N–H and O–H groups in total. The van der Waals surface area contributed by atoms with Crippen molar-refractivity contribution in [2.45, 2.75) is 36.6 Å². The van der Waals surface area contributed by atoms with Crippen LogP contribution in [0.15, 0.2) is 24.3 Å². The van der Waals surface area contributed by atoms with Crippen LogP contribution in [0.5, 0.6) is 11.5 Å². The molecule has 1 aromatic carbocycles. The van der Waals surface area contributed by atoms with Crippen molar-refractivity contribution >= 4 is 15.9 Å². The first kappa shape index (κ1) is 11.8. The molecule has 0 bridgehead atoms. The predicted molar refractivity (Wildman–Crippen MR) is 68.6 cm³/mol. The van der Waals surface area contributed by atoms with Gasteiger partial charge in [-0.15, -0.1) is 0 Å². The maximum Gasteiger partial charge on any atom is 0.161 e. The van der Waals surface area contributed by atoms with Crippen LogP contribution in [0, 0.1) is 0 Å². The Bertz CT molecular complexity index is 332. The van der Waals surface area contributed by atoms with Crippen LogP contribution < -0.4 is 9.47 Å². The summed E-state index contributed by atoms with van der Waals surface area (Å²) in [5, 5.41) is 0. The molecule has 16 heavy (non-hydrogen) atoms. The number of ether oxygens (including phenoxy) is 2. The second kappa shape index (κ2) is 5.58. The van der Waals surface area contributed by atoms with Crippen molar-refractivity contribution in [1.29, 1.82) is 0 Å². The minimum Gasteiger partial charge on any atom is -0.493 e. The Morgan fingerprint density at radius 3 is 2.31 bits per heavy atom. The van der Waals surface area contributed by atoms with Crippen LogP contribution in [0.25, 0.3) is 0 Å². The van der Waals surface area contributed by atoms with Gasteiger partial charge in [0.15, 0.2) is 11.5 Å². The van der Waals surface area contributed by atoms with E-state index in [0.29, 0.717) is 10.9 Å². The van der Waals surface area contributed by atoms with E-state index >= 15 is 0 Å². The van der Waals surface area contributed by atoms with Crippen LogP contribution >= 0.6 is 15.9 Å². The number of hydrogen-bond acceptors (Lipinski definition) is 2. The molecule has 88 valence electrons. The molecule has 2 rings (SSSR count). The van der Waals surface area contributed by atoms with Gasteiger partial charge in [-0.25, -0.2) is 0 Å². The van der Waals surface area contributed by atoms with Gasteiger partial charge in [0.05, 0.1) is 13.2 Å². The van der Waals surface area contributed by atoms with Crippen molar-refractivity contribution in [2.75, 3.05) is 7.11 Å². The summed E-state index contributed by atoms with van der Waals surface area (Å²) in [5.74, 6) is 1.69. The van der Waals surface area contributed by atoms with Gasteiger partial charge in [-0.3, -0.25) is 0 Å². The smallest absolute Gasteiger partial charge is 0.161 e. The van der Waals surface area contributed by atoms with E-state index in [9.17, 15) is 0 Å². The molecule has 3 heteroatoms. The zero-order valence-electron chi connectivity index (χ0n) is 9.49. The van der Waals surface area contributed by atoms with Gasteiger partial charge in [0, 0.05) is 4.83 Å². The number of halogens is 1. The summed E-state index contributed by atoms with van der Waals surface area (Å²) in [6.07, 6.45) is 4.96. The summed E-state index contributed by atoms with van der Waals surface area (Å²) in [4.78, 5) is 0.671. The van der Waals surface area contributed by atoms with Crippen molar-refractivity contribution in [1.82, 2.24) is 0 Å². The molecular formula is C13H17BrO2. The molecule has 0 atom stereocenters. The van der Waals surface area contributed by atoms with Crippen molar-refractivity contribution in [3.8, 4) is 11.5 Å². The molecule has 0 saturated heterocycles. The molecule has 1 aliphatic rings. The van der Waals surface area contributed by atoms with E-state index in [-0.39, 0.29) is 0 Å². The van der Waals surface area contributed by atoms with E-state index in [2.05, 4.69) is 15.9 Å². The lowest BCUT2D eigenvalue weighted by molar-refractivity contribution is 0.152. The Morgan fingerprint density at radius 1 is 1.06 bits per heavy atom. The number of rotatable bonds is 3. The maximum absolute atomic E-state index is 5.98. The second-order valence-electron chi connectivity index (χ2n) is 4.14. The SMILES string of the molecule is COc1ccccc1OC1CCC(Br)CC1. The van der Waals surface area contributed by atoms with E-state index in [1.807, 2.05) is 24.3 Å². The fourth-order valence-electron chi connectivity index (χ4n) is 2.04. The fraction of sp³-hybridized carbons (Fsp3) is 0.538. The van der Waals surface area contributed by atoms with E-state index in [4.69, 9.17) is 9.47 Å². The zero-order chi connectivity index (χ0) is 11.4. The average Bonchev–Trinajstić information content (AvgIpc) is 2.33. The lowest BCUT2D eigenvalue weighted by atomic mass is 9.97. The van der Waals surface area contributed by atoms with Crippen LogP contribution in [0.3, 0.4) is 0 Å². The van der Waals surface area contributed by atoms with Gasteiger partial charge in [-0.1, -0.05) is 28.1 Å². The Balaban J connectivity index is 1.98. The van der Waals surface area contributed by atoms with E-state index < -0.39 is 0 Å². The normalized spacial score (nSPS) is 25.1. The third-order valence-electron chi connectivity index (χ3n) is 2.97. The topological polar surface area (TPSA) is 18.5 Å². The molecule has 1 aliphatic carbocycles. The highest BCUT2D eigenvalue weighted by Gasteiger charge is 2.21. The number of alkyl halides is 1. The van der Waals surface area contributed by atoms with Gasteiger partial charge < -0.3 is 9.47 Å². The molecule has 2 nitrogen and oxygen atoms in total. The lowest BCUT2D eigenvalue weighted by Gasteiger charge is -2.26. The highest BCUT2D eigenvalue weighted by Crippen LogP contribution is 2.31. The van der Waals surface area contributed by atoms with Crippen LogP contribution in [0.1, 0.15) is 25.7 Å². The largest absolute Gasteiger partial charge is 0.493 e. The molecule has 1 fully saturated rings. The summed E-state index contributed by atoms with van der Waals surface area (Å²) in [7, 11) is 1.68. The Hall–Kier alpha value is -0.700. The minimum absolute atomic E-state index is 0.338. The molecule has 0 aliphatic heterocycles. The molecule has 0 heterocycles. The van der Waals surface area contributed by atoms with Gasteiger partial charge in [0.2, 0.25) is 0 Å². The van der Waals surface area contributed by atoms with Crippen molar-refractivity contribution < 1.29 is 9.47 Å². The molecule has 0 amide bonds. The molecule has 0 unspecified atom stereocenters. The Labute approximate surface area is 105 Å². The third-order valence-corrected chi connectivity index (χ3v) is 3.88. The zero-order valence-corrected chi connectivity index (χ0v) is 11.1. The molecule has 1 saturated carbocycles. The summed E-state index contributed by atoms with van der Waals surface area (Å²) < 4.78 is 11.3. The number of para-hydroxylation sites is 2. The number of methoxy groups -OCH3 is 1. The van der Waals surface area contributed by atoms with Crippen LogP contribution in [0.4, 0.5) is 0 Å². The van der Waals surface area contributed by atoms with Crippen LogP contribution in [0.2, 0.25) is 0 Å². The van der Waals surface area contributed by atoms with Gasteiger partial charge in [0.1, 0.15) is 0 Å². The summed E-state index contributed by atoms with van der Waals surface area (Å²) in [6.45, 7) is 0. The summed E-state index contributed by atoms with van der Waals surface area (Å²) in [5.41, 5.74) is 0. The first-order valence-corrected chi connectivity index (χ1v) is 6.65. The molecule has 1 aromatic rings. The van der Waals surface area contributed by atoms with Gasteiger partial charge >= 0.3 is 0 Å². The van der Waals surface area contributed by atoms with Gasteiger partial charge in [-0.2, -0.15) is 0 Å². The maximum atomic E-state index is 5.98. The highest BCUT2D eigenvalue weighted by atomic mass is 79.9. The minimum atomic E-state index is 0.338. The van der Waals surface area contributed by atoms with Crippen molar-refractivity contribution in [3.05, 3.63) is 24.3 Å². The molecule has 0 spiro atoms. The van der Waals surface area contributed by atoms with Gasteiger partial charge in [0.25, 0.3) is 0 Å². The quantitative estimate of drug-likeness (QED) is 0.787. The Morgan fingerprint density at radius 2 is 1.69 bits per heavy atom. The number of benzene rings is 1. The first-order valence-electron chi connectivity index (χ1n) is 5.73. The van der Waals surface area contributed by atoms with Gasteiger partial charge in [-0.05, 0) is 37.8 Å². The van der Waals surface area contributed by atoms with Crippen molar-refractivity contribution in [3.63, 3.8) is 0 Å². The molecule has 0 aromatic heterocycles. The van der Waals surface area contributed by atoms with Crippen molar-refractivity contribution in [2.24, 2.45) is 0 Å². The fourth-order valence-corrected chi connectivity index (χ4v) is 2.56. The standard InChI is InChI=1S/C13H17BrO2/c1-15-12-4-2-3-5-13(12)16-11-8-6-10(14)7-9-11/h2-5,10-11H,6-9H2,1H3. The second-order valence-corrected chi connectivity index (χ2v) is 5.44. The van der Waals surface area contributed by atoms with Crippen LogP contribution in [-0.4, -0.2) is 18.0 Å². The van der Waals surface area contributed by atoms with Crippen LogP contribution in [-0.2, 0) is 0 Å². The number of hydrogen-bond donors (Lipinski definition) is 0. The van der Waals surface area contributed by atoms with E-state index in [1.54, 1.807) is 7.11 Å². The van der Waals surface area contributed by atoms with E-state index in [0.717, 1.165) is 24.3 Å². The summed E-state index contributed by atoms with van der Waals surface area (Å²) in [6, 6.07) is 7.85.